The van der Waals surface area contributed by atoms with Gasteiger partial charge in [-0.05, 0) is 20.9 Å². The summed E-state index contributed by atoms with van der Waals surface area (Å²) in [4.78, 5) is 0. The first-order chi connectivity index (χ1) is 7.71. The van der Waals surface area contributed by atoms with E-state index in [9.17, 15) is 30.2 Å². The summed E-state index contributed by atoms with van der Waals surface area (Å²) in [5.41, 5.74) is -4.15. The van der Waals surface area contributed by atoms with Crippen molar-refractivity contribution >= 4 is 21.1 Å². The highest BCUT2D eigenvalue weighted by molar-refractivity contribution is 7.89. The topological polar surface area (TPSA) is 83.5 Å². The summed E-state index contributed by atoms with van der Waals surface area (Å²) in [7, 11) is -3.71. The molecule has 18 heavy (non-hydrogen) atoms. The first-order valence-electron chi connectivity index (χ1n) is 4.49. The second kappa shape index (κ2) is 5.02. The van der Waals surface area contributed by atoms with Crippen LogP contribution in [0.5, 0.6) is 0 Å². The molecular formula is C7H13F4NO4S2. The molecule has 0 fully saturated rings. The molecule has 3 unspecified atom stereocenters. The number of nitrogens with one attached hydrogen (secondary N) is 1. The van der Waals surface area contributed by atoms with Gasteiger partial charge >= 0.3 is 5.92 Å². The lowest BCUT2D eigenvalue weighted by Crippen LogP contribution is -2.60. The Morgan fingerprint density at radius 1 is 1.22 bits per heavy atom. The monoisotopic (exact) mass is 315 g/mol. The van der Waals surface area contributed by atoms with Crippen LogP contribution in [0.4, 0.5) is 17.6 Å². The quantitative estimate of drug-likeness (QED) is 0.561. The van der Waals surface area contributed by atoms with E-state index in [-0.39, 0.29) is 13.8 Å². The van der Waals surface area contributed by atoms with Crippen LogP contribution in [-0.4, -0.2) is 46.6 Å². The van der Waals surface area contributed by atoms with Crippen LogP contribution in [0.2, 0.25) is 0 Å². The minimum absolute atomic E-state index is 0.0340. The summed E-state index contributed by atoms with van der Waals surface area (Å²) in [6.45, 7) is 0.190. The first-order valence-corrected chi connectivity index (χ1v) is 7.25. The third-order valence-corrected chi connectivity index (χ3v) is 4.94. The molecule has 0 bridgehead atoms. The van der Waals surface area contributed by atoms with E-state index in [1.807, 2.05) is 0 Å². The van der Waals surface area contributed by atoms with Crippen molar-refractivity contribution in [1.29, 1.82) is 0 Å². The molecule has 0 aliphatic rings. The Morgan fingerprint density at radius 3 is 1.89 bits per heavy atom. The average molecular weight is 315 g/mol. The molecule has 0 spiro atoms. The average Bonchev–Trinajstić information content (AvgIpc) is 2.15. The normalized spacial score (nSPS) is 22.0. The van der Waals surface area contributed by atoms with Gasteiger partial charge in [-0.15, -0.1) is 0 Å². The van der Waals surface area contributed by atoms with Gasteiger partial charge in [-0.3, -0.25) is 0 Å². The molecule has 0 heterocycles. The van der Waals surface area contributed by atoms with Crippen LogP contribution in [0.15, 0.2) is 0 Å². The van der Waals surface area contributed by atoms with Gasteiger partial charge in [0.25, 0.3) is 0 Å². The zero-order chi connectivity index (χ0) is 15.0. The standard InChI is InChI=1S/C7H13F4NO4S2/c1-5(8,6(2,9)17(13)14)7(10,11)4-18(15,16)12-3/h12H,4H2,1-3H3,(H,13,14). The van der Waals surface area contributed by atoms with Crippen LogP contribution >= 0.6 is 0 Å². The Balaban J connectivity index is 5.53. The van der Waals surface area contributed by atoms with Gasteiger partial charge in [-0.2, -0.15) is 0 Å². The van der Waals surface area contributed by atoms with Crippen LogP contribution < -0.4 is 4.72 Å². The molecule has 0 saturated carbocycles. The molecule has 3 atom stereocenters. The maximum Gasteiger partial charge on any atom is 0.300 e. The number of rotatable bonds is 6. The molecule has 110 valence electrons. The molecule has 0 radical (unpaired) electrons. The Kier molecular flexibility index (Phi) is 4.95. The van der Waals surface area contributed by atoms with E-state index in [0.717, 1.165) is 7.05 Å². The molecule has 5 nitrogen and oxygen atoms in total. The molecule has 0 aromatic carbocycles. The predicted molar refractivity (Wildman–Crippen MR) is 57.6 cm³/mol. The second-order valence-electron chi connectivity index (χ2n) is 3.84. The summed E-state index contributed by atoms with van der Waals surface area (Å²) in [5.74, 6) is -6.74. The van der Waals surface area contributed by atoms with Gasteiger partial charge in [0.1, 0.15) is 5.75 Å². The maximum atomic E-state index is 13.8. The minimum Gasteiger partial charge on any atom is -0.304 e. The largest absolute Gasteiger partial charge is 0.304 e. The fourth-order valence-electron chi connectivity index (χ4n) is 0.937. The molecular weight excluding hydrogens is 302 g/mol. The van der Waals surface area contributed by atoms with Crippen LogP contribution in [0.3, 0.4) is 0 Å². The highest BCUT2D eigenvalue weighted by Crippen LogP contribution is 2.44. The third-order valence-electron chi connectivity index (χ3n) is 2.54. The highest BCUT2D eigenvalue weighted by Gasteiger charge is 2.67. The summed E-state index contributed by atoms with van der Waals surface area (Å²) < 4.78 is 96.7. The van der Waals surface area contributed by atoms with E-state index < -0.39 is 43.4 Å². The maximum absolute atomic E-state index is 13.8. The van der Waals surface area contributed by atoms with Crippen molar-refractivity contribution in [1.82, 2.24) is 4.72 Å². The van der Waals surface area contributed by atoms with Gasteiger partial charge in [0.2, 0.25) is 20.7 Å². The van der Waals surface area contributed by atoms with E-state index in [0.29, 0.717) is 0 Å². The SMILES string of the molecule is CNS(=O)(=O)CC(F)(F)C(C)(F)C(C)(F)S(=O)O. The number of halogens is 4. The summed E-state index contributed by atoms with van der Waals surface area (Å²) in [6.07, 6.45) is 0. The molecule has 0 aromatic rings. The molecule has 0 aliphatic heterocycles. The smallest absolute Gasteiger partial charge is 0.300 e. The molecule has 0 amide bonds. The second-order valence-corrected chi connectivity index (χ2v) is 7.03. The third kappa shape index (κ3) is 3.19. The van der Waals surface area contributed by atoms with Crippen molar-refractivity contribution in [3.8, 4) is 0 Å². The van der Waals surface area contributed by atoms with Gasteiger partial charge < -0.3 is 4.55 Å². The summed E-state index contributed by atoms with van der Waals surface area (Å²) in [6, 6.07) is 0. The van der Waals surface area contributed by atoms with Crippen LogP contribution in [-0.2, 0) is 21.1 Å². The molecule has 0 aromatic heterocycles. The van der Waals surface area contributed by atoms with Gasteiger partial charge in [-0.1, -0.05) is 0 Å². The molecule has 2 N–H and O–H groups in total. The number of hydrogen-bond donors (Lipinski definition) is 2. The van der Waals surface area contributed by atoms with Crippen molar-refractivity contribution in [2.75, 3.05) is 12.8 Å². The minimum atomic E-state index is -4.70. The van der Waals surface area contributed by atoms with Crippen molar-refractivity contribution in [3.05, 3.63) is 0 Å². The summed E-state index contributed by atoms with van der Waals surface area (Å²) >= 11 is -3.56. The van der Waals surface area contributed by atoms with E-state index in [4.69, 9.17) is 4.55 Å². The molecule has 11 heteroatoms. The molecule has 0 saturated heterocycles. The van der Waals surface area contributed by atoms with Crippen molar-refractivity contribution in [3.63, 3.8) is 0 Å². The lowest BCUT2D eigenvalue weighted by molar-refractivity contribution is -0.152. The molecule has 0 aliphatic carbocycles. The van der Waals surface area contributed by atoms with Crippen LogP contribution in [0.1, 0.15) is 13.8 Å². The lowest BCUT2D eigenvalue weighted by atomic mass is 9.96. The van der Waals surface area contributed by atoms with Crippen molar-refractivity contribution < 1.29 is 34.7 Å². The van der Waals surface area contributed by atoms with Crippen molar-refractivity contribution in [2.24, 2.45) is 0 Å². The number of sulfonamides is 1. The Labute approximate surface area is 104 Å². The van der Waals surface area contributed by atoms with E-state index in [1.165, 1.54) is 4.72 Å². The number of hydrogen-bond acceptors (Lipinski definition) is 3. The van der Waals surface area contributed by atoms with Crippen molar-refractivity contribution in [2.45, 2.75) is 30.4 Å². The van der Waals surface area contributed by atoms with Gasteiger partial charge in [0.05, 0.1) is 0 Å². The Morgan fingerprint density at radius 2 is 1.61 bits per heavy atom. The van der Waals surface area contributed by atoms with Crippen LogP contribution in [0.25, 0.3) is 0 Å². The fraction of sp³-hybridized carbons (Fsp3) is 1.00. The van der Waals surface area contributed by atoms with E-state index >= 15 is 0 Å². The lowest BCUT2D eigenvalue weighted by Gasteiger charge is -2.36. The van der Waals surface area contributed by atoms with Crippen LogP contribution in [0, 0.1) is 0 Å². The first kappa shape index (κ1) is 17.7. The van der Waals surface area contributed by atoms with E-state index in [1.54, 1.807) is 0 Å². The number of alkyl halides is 4. The van der Waals surface area contributed by atoms with Gasteiger partial charge in [-0.25, -0.2) is 34.9 Å². The predicted octanol–water partition coefficient (Wildman–Crippen LogP) is 0.806. The Hall–Kier alpha value is -0.260. The zero-order valence-corrected chi connectivity index (χ0v) is 11.3. The van der Waals surface area contributed by atoms with Gasteiger partial charge in [0.15, 0.2) is 11.1 Å². The van der Waals surface area contributed by atoms with Gasteiger partial charge in [0, 0.05) is 0 Å². The summed E-state index contributed by atoms with van der Waals surface area (Å²) in [5, 5.41) is -3.83. The highest BCUT2D eigenvalue weighted by atomic mass is 32.2. The van der Waals surface area contributed by atoms with E-state index in [2.05, 4.69) is 0 Å². The Bertz CT molecular complexity index is 435. The zero-order valence-electron chi connectivity index (χ0n) is 9.71. The molecule has 0 rings (SSSR count). The fourth-order valence-corrected chi connectivity index (χ4v) is 2.31.